The average molecular weight is 545 g/mol. The lowest BCUT2D eigenvalue weighted by Crippen LogP contribution is -2.04. The molecule has 0 aliphatic rings. The molecule has 0 spiro atoms. The van der Waals surface area contributed by atoms with E-state index in [2.05, 4.69) is 18.8 Å². The quantitative estimate of drug-likeness (QED) is 0.0899. The Kier molecular flexibility index (Phi) is 12.8. The monoisotopic (exact) mass is 544 g/mol. The smallest absolute Gasteiger partial charge is 0.390 e. The topological polar surface area (TPSA) is 72.8 Å². The molecule has 3 aromatic carbocycles. The highest BCUT2D eigenvalue weighted by molar-refractivity contribution is 5.91. The lowest BCUT2D eigenvalue weighted by molar-refractivity contribution is -0.128. The van der Waals surface area contributed by atoms with E-state index in [1.54, 1.807) is 42.5 Å². The fraction of sp³-hybridized carbons (Fsp3) is 0.353. The van der Waals surface area contributed by atoms with Crippen LogP contribution in [0.5, 0.6) is 11.5 Å². The molecule has 0 saturated heterocycles. The van der Waals surface area contributed by atoms with Crippen LogP contribution in [0.2, 0.25) is 0 Å². The van der Waals surface area contributed by atoms with Gasteiger partial charge in [-0.25, -0.2) is 14.0 Å². The Morgan fingerprint density at radius 2 is 1.30 bits per heavy atom. The summed E-state index contributed by atoms with van der Waals surface area (Å²) >= 11 is 0. The fourth-order valence-electron chi connectivity index (χ4n) is 4.24. The van der Waals surface area contributed by atoms with Crippen molar-refractivity contribution >= 4 is 11.9 Å². The molecule has 0 heterocycles. The summed E-state index contributed by atoms with van der Waals surface area (Å²) in [4.78, 5) is 23.1. The minimum atomic E-state index is -0.987. The molecule has 0 saturated carbocycles. The number of esters is 1. The van der Waals surface area contributed by atoms with Crippen molar-refractivity contribution in [3.05, 3.63) is 83.7 Å². The third-order valence-corrected chi connectivity index (χ3v) is 6.54. The highest BCUT2D eigenvalue weighted by atomic mass is 19.1. The van der Waals surface area contributed by atoms with Crippen molar-refractivity contribution in [2.24, 2.45) is 0 Å². The van der Waals surface area contributed by atoms with Crippen molar-refractivity contribution in [2.75, 3.05) is 6.61 Å². The summed E-state index contributed by atoms with van der Waals surface area (Å²) in [5.74, 6) is 3.22. The largest absolute Gasteiger partial charge is 0.493 e. The fourth-order valence-corrected chi connectivity index (χ4v) is 4.24. The summed E-state index contributed by atoms with van der Waals surface area (Å²) in [6, 6.07) is 17.6. The molecule has 6 heteroatoms. The molecule has 3 rings (SSSR count). The molecule has 5 nitrogen and oxygen atoms in total. The Labute approximate surface area is 236 Å². The first kappa shape index (κ1) is 30.4. The number of rotatable bonds is 15. The first-order valence-corrected chi connectivity index (χ1v) is 14.1. The zero-order valence-electron chi connectivity index (χ0n) is 23.1. The zero-order chi connectivity index (χ0) is 28.6. The molecule has 0 fully saturated rings. The summed E-state index contributed by atoms with van der Waals surface area (Å²) in [5, 5.41) is 9.01. The van der Waals surface area contributed by atoms with Crippen molar-refractivity contribution in [3.63, 3.8) is 0 Å². The highest BCUT2D eigenvalue weighted by Crippen LogP contribution is 2.23. The summed E-state index contributed by atoms with van der Waals surface area (Å²) in [6.45, 7) is 2.77. The van der Waals surface area contributed by atoms with Gasteiger partial charge < -0.3 is 14.6 Å². The molecule has 0 bridgehead atoms. The Morgan fingerprint density at radius 3 is 1.88 bits per heavy atom. The van der Waals surface area contributed by atoms with Crippen molar-refractivity contribution in [1.82, 2.24) is 0 Å². The summed E-state index contributed by atoms with van der Waals surface area (Å²) in [6.07, 6.45) is 12.4. The third kappa shape index (κ3) is 10.6. The second-order valence-corrected chi connectivity index (χ2v) is 9.72. The van der Waals surface area contributed by atoms with E-state index in [0.29, 0.717) is 18.1 Å². The summed E-state index contributed by atoms with van der Waals surface area (Å²) in [5.41, 5.74) is 1.95. The number of hydrogen-bond donors (Lipinski definition) is 1. The van der Waals surface area contributed by atoms with Crippen LogP contribution in [0.25, 0.3) is 11.1 Å². The van der Waals surface area contributed by atoms with Gasteiger partial charge >= 0.3 is 11.9 Å². The first-order valence-electron chi connectivity index (χ1n) is 14.1. The van der Waals surface area contributed by atoms with Crippen LogP contribution in [0.1, 0.15) is 87.1 Å². The molecule has 1 N–H and O–H groups in total. The van der Waals surface area contributed by atoms with Gasteiger partial charge in [0.15, 0.2) is 0 Å². The maximum absolute atomic E-state index is 14.5. The lowest BCUT2D eigenvalue weighted by atomic mass is 10.0. The molecule has 0 atom stereocenters. The van der Waals surface area contributed by atoms with Gasteiger partial charge in [-0.3, -0.25) is 0 Å². The predicted molar refractivity (Wildman–Crippen MR) is 155 cm³/mol. The van der Waals surface area contributed by atoms with E-state index in [-0.39, 0.29) is 11.1 Å². The Morgan fingerprint density at radius 1 is 0.750 bits per heavy atom. The minimum absolute atomic E-state index is 0.0865. The van der Waals surface area contributed by atoms with Gasteiger partial charge in [0.2, 0.25) is 0 Å². The number of halogens is 1. The van der Waals surface area contributed by atoms with Crippen LogP contribution in [-0.2, 0) is 4.79 Å². The first-order chi connectivity index (χ1) is 19.5. The van der Waals surface area contributed by atoms with Crippen molar-refractivity contribution in [3.8, 4) is 34.5 Å². The molecule has 0 amide bonds. The summed E-state index contributed by atoms with van der Waals surface area (Å²) in [7, 11) is 0. The Bertz CT molecular complexity index is 1290. The summed E-state index contributed by atoms with van der Waals surface area (Å²) < 4.78 is 25.4. The normalized spacial score (nSPS) is 10.4. The maximum Gasteiger partial charge on any atom is 0.390 e. The van der Waals surface area contributed by atoms with Crippen molar-refractivity contribution in [1.29, 1.82) is 0 Å². The van der Waals surface area contributed by atoms with E-state index < -0.39 is 17.8 Å². The maximum atomic E-state index is 14.5. The number of hydrogen-bond acceptors (Lipinski definition) is 4. The standard InChI is InChI=1S/C34H37FO5/c1-2-3-4-5-6-7-8-9-10-11-24-39-31-22-18-28(32(35)25-31)19-23-33(36)40-30-20-16-27(17-21-30)26-12-14-29(15-13-26)34(37)38/h12-18,20-22,25H,2-11,24H2,1H3,(H,37,38). The molecule has 210 valence electrons. The van der Waals surface area contributed by atoms with Crippen LogP contribution >= 0.6 is 0 Å². The molecule has 40 heavy (non-hydrogen) atoms. The van der Waals surface area contributed by atoms with Crippen molar-refractivity contribution < 1.29 is 28.6 Å². The number of unbranched alkanes of at least 4 members (excludes halogenated alkanes) is 9. The molecule has 0 radical (unpaired) electrons. The van der Waals surface area contributed by atoms with Gasteiger partial charge in [0.05, 0.1) is 17.7 Å². The number of ether oxygens (including phenoxy) is 2. The van der Waals surface area contributed by atoms with Crippen LogP contribution in [-0.4, -0.2) is 23.7 Å². The average Bonchev–Trinajstić information content (AvgIpc) is 2.96. The van der Waals surface area contributed by atoms with Gasteiger partial charge in [-0.2, -0.15) is 0 Å². The lowest BCUT2D eigenvalue weighted by Gasteiger charge is -2.07. The van der Waals surface area contributed by atoms with Gasteiger partial charge in [0.1, 0.15) is 17.3 Å². The van der Waals surface area contributed by atoms with Crippen LogP contribution in [0.4, 0.5) is 4.39 Å². The van der Waals surface area contributed by atoms with Crippen LogP contribution < -0.4 is 9.47 Å². The van der Waals surface area contributed by atoms with E-state index in [4.69, 9.17) is 14.6 Å². The van der Waals surface area contributed by atoms with E-state index in [1.165, 1.54) is 75.6 Å². The number of aromatic carboxylic acids is 1. The van der Waals surface area contributed by atoms with Crippen LogP contribution in [0.3, 0.4) is 0 Å². The van der Waals surface area contributed by atoms with Gasteiger partial charge in [0, 0.05) is 12.0 Å². The SMILES string of the molecule is CCCCCCCCCCCCOc1ccc(C#CC(=O)Oc2ccc(-c3ccc(C(=O)O)cc3)cc2)c(F)c1. The van der Waals surface area contributed by atoms with E-state index in [9.17, 15) is 14.0 Å². The van der Waals surface area contributed by atoms with Gasteiger partial charge in [-0.05, 0) is 53.9 Å². The highest BCUT2D eigenvalue weighted by Gasteiger charge is 2.07. The second-order valence-electron chi connectivity index (χ2n) is 9.72. The number of carboxylic acids is 1. The van der Waals surface area contributed by atoms with Gasteiger partial charge in [-0.1, -0.05) is 94.9 Å². The molecule has 0 aliphatic heterocycles. The number of benzene rings is 3. The molecular formula is C34H37FO5. The Hall–Kier alpha value is -4.11. The van der Waals surface area contributed by atoms with Crippen LogP contribution in [0.15, 0.2) is 66.7 Å². The number of carboxylic acid groups (broad SMARTS) is 1. The number of carbonyl (C=O) groups is 2. The molecule has 0 aromatic heterocycles. The Balaban J connectivity index is 1.39. The van der Waals surface area contributed by atoms with Gasteiger partial charge in [-0.15, -0.1) is 0 Å². The predicted octanol–water partition coefficient (Wildman–Crippen LogP) is 8.45. The van der Waals surface area contributed by atoms with Gasteiger partial charge in [0.25, 0.3) is 0 Å². The molecular weight excluding hydrogens is 507 g/mol. The van der Waals surface area contributed by atoms with Crippen LogP contribution in [0, 0.1) is 17.7 Å². The van der Waals surface area contributed by atoms with E-state index >= 15 is 0 Å². The molecule has 0 unspecified atom stereocenters. The van der Waals surface area contributed by atoms with E-state index in [1.807, 2.05) is 0 Å². The minimum Gasteiger partial charge on any atom is -0.493 e. The molecule has 3 aromatic rings. The third-order valence-electron chi connectivity index (χ3n) is 6.54. The van der Waals surface area contributed by atoms with Crippen molar-refractivity contribution in [2.45, 2.75) is 71.1 Å². The molecule has 0 aliphatic carbocycles. The van der Waals surface area contributed by atoms with E-state index in [0.717, 1.165) is 24.0 Å². The number of carbonyl (C=O) groups excluding carboxylic acids is 1. The zero-order valence-corrected chi connectivity index (χ0v) is 23.1. The second kappa shape index (κ2) is 16.8.